The number of para-hydroxylation sites is 1. The number of ether oxygens (including phenoxy) is 1. The van der Waals surface area contributed by atoms with Gasteiger partial charge in [0.1, 0.15) is 5.75 Å². The number of carbonyl (C=O) groups is 3. The normalized spacial score (nSPS) is 20.2. The third kappa shape index (κ3) is 5.58. The van der Waals surface area contributed by atoms with Crippen molar-refractivity contribution in [2.75, 3.05) is 45.2 Å². The Balaban J connectivity index is 1.44. The third-order valence-electron chi connectivity index (χ3n) is 6.86. The van der Waals surface area contributed by atoms with Gasteiger partial charge in [0.25, 0.3) is 0 Å². The topological polar surface area (TPSA) is 82.2 Å². The zero-order valence-corrected chi connectivity index (χ0v) is 20.5. The second-order valence-corrected chi connectivity index (χ2v) is 9.08. The number of nitrogens with one attached hydrogen (secondary N) is 1. The van der Waals surface area contributed by atoms with Gasteiger partial charge >= 0.3 is 6.03 Å². The zero-order valence-electron chi connectivity index (χ0n) is 20.5. The molecule has 2 aliphatic rings. The van der Waals surface area contributed by atoms with Crippen molar-refractivity contribution >= 4 is 23.5 Å². The quantitative estimate of drug-likeness (QED) is 0.657. The smallest absolute Gasteiger partial charge is 0.321 e. The Morgan fingerprint density at radius 2 is 1.63 bits per heavy atom. The zero-order chi connectivity index (χ0) is 24.8. The van der Waals surface area contributed by atoms with Crippen molar-refractivity contribution in [3.63, 3.8) is 0 Å². The molecule has 4 amide bonds. The van der Waals surface area contributed by atoms with Gasteiger partial charge in [-0.1, -0.05) is 43.7 Å². The highest BCUT2D eigenvalue weighted by atomic mass is 16.5. The Kier molecular flexibility index (Phi) is 7.90. The number of methoxy groups -OCH3 is 1. The van der Waals surface area contributed by atoms with Gasteiger partial charge in [-0.25, -0.2) is 4.79 Å². The van der Waals surface area contributed by atoms with E-state index in [4.69, 9.17) is 4.74 Å². The van der Waals surface area contributed by atoms with E-state index in [-0.39, 0.29) is 30.3 Å². The number of benzene rings is 2. The summed E-state index contributed by atoms with van der Waals surface area (Å²) in [6.07, 6.45) is 2.09. The average Bonchev–Trinajstić information content (AvgIpc) is 3.23. The SMILES string of the molecule is CCCCN1C(=O)C[C@H](C(=O)N2CCN(C(=O)Nc3ccccc3)CC2)[C@H]1c1ccc(OC)cc1. The summed E-state index contributed by atoms with van der Waals surface area (Å²) in [5, 5.41) is 2.90. The third-order valence-corrected chi connectivity index (χ3v) is 6.86. The molecule has 1 N–H and O–H groups in total. The Hall–Kier alpha value is -3.55. The molecule has 2 atom stereocenters. The van der Waals surface area contributed by atoms with Crippen LogP contribution in [0.4, 0.5) is 10.5 Å². The van der Waals surface area contributed by atoms with E-state index >= 15 is 0 Å². The molecule has 8 heteroatoms. The fraction of sp³-hybridized carbons (Fsp3) is 0.444. The lowest BCUT2D eigenvalue weighted by atomic mass is 9.92. The molecule has 0 radical (unpaired) electrons. The summed E-state index contributed by atoms with van der Waals surface area (Å²) >= 11 is 0. The summed E-state index contributed by atoms with van der Waals surface area (Å²) in [6.45, 7) is 4.56. The van der Waals surface area contributed by atoms with Crippen molar-refractivity contribution in [3.05, 3.63) is 60.2 Å². The monoisotopic (exact) mass is 478 g/mol. The molecule has 0 saturated carbocycles. The van der Waals surface area contributed by atoms with E-state index in [1.165, 1.54) is 0 Å². The number of amides is 4. The van der Waals surface area contributed by atoms with Gasteiger partial charge < -0.3 is 24.8 Å². The maximum atomic E-state index is 13.6. The van der Waals surface area contributed by atoms with E-state index in [1.54, 1.807) is 12.0 Å². The molecule has 35 heavy (non-hydrogen) atoms. The first-order valence-electron chi connectivity index (χ1n) is 12.3. The van der Waals surface area contributed by atoms with Gasteiger partial charge in [0.15, 0.2) is 0 Å². The van der Waals surface area contributed by atoms with Crippen LogP contribution in [0.2, 0.25) is 0 Å². The lowest BCUT2D eigenvalue weighted by Gasteiger charge is -2.37. The Labute approximate surface area is 206 Å². The predicted octanol–water partition coefficient (Wildman–Crippen LogP) is 3.76. The van der Waals surface area contributed by atoms with Gasteiger partial charge in [-0.15, -0.1) is 0 Å². The minimum Gasteiger partial charge on any atom is -0.497 e. The molecular formula is C27H34N4O4. The fourth-order valence-electron chi connectivity index (χ4n) is 4.91. The van der Waals surface area contributed by atoms with Gasteiger partial charge in [0.2, 0.25) is 11.8 Å². The van der Waals surface area contributed by atoms with Gasteiger partial charge in [0.05, 0.1) is 19.1 Å². The fourth-order valence-corrected chi connectivity index (χ4v) is 4.91. The van der Waals surface area contributed by atoms with Crippen molar-refractivity contribution in [1.29, 1.82) is 0 Å². The molecule has 0 unspecified atom stereocenters. The summed E-state index contributed by atoms with van der Waals surface area (Å²) in [6, 6.07) is 16.5. The molecule has 2 aromatic rings. The average molecular weight is 479 g/mol. The molecule has 0 spiro atoms. The van der Waals surface area contributed by atoms with Crippen LogP contribution in [0.25, 0.3) is 0 Å². The number of piperazine rings is 1. The van der Waals surface area contributed by atoms with Crippen molar-refractivity contribution in [2.45, 2.75) is 32.2 Å². The number of rotatable bonds is 7. The molecular weight excluding hydrogens is 444 g/mol. The highest BCUT2D eigenvalue weighted by Gasteiger charge is 2.46. The van der Waals surface area contributed by atoms with E-state index in [0.717, 1.165) is 29.8 Å². The van der Waals surface area contributed by atoms with E-state index < -0.39 is 5.92 Å². The summed E-state index contributed by atoms with van der Waals surface area (Å²) in [7, 11) is 1.62. The van der Waals surface area contributed by atoms with E-state index in [9.17, 15) is 14.4 Å². The minimum absolute atomic E-state index is 0.0127. The highest BCUT2D eigenvalue weighted by Crippen LogP contribution is 2.40. The molecule has 8 nitrogen and oxygen atoms in total. The van der Waals surface area contributed by atoms with E-state index in [1.807, 2.05) is 64.4 Å². The number of nitrogens with zero attached hydrogens (tertiary/aromatic N) is 3. The van der Waals surface area contributed by atoms with Gasteiger partial charge in [0, 0.05) is 44.8 Å². The molecule has 2 heterocycles. The summed E-state index contributed by atoms with van der Waals surface area (Å²) in [4.78, 5) is 44.6. The first kappa shape index (κ1) is 24.6. The van der Waals surface area contributed by atoms with Crippen molar-refractivity contribution in [3.8, 4) is 5.75 Å². The van der Waals surface area contributed by atoms with Crippen molar-refractivity contribution in [2.24, 2.45) is 5.92 Å². The minimum atomic E-state index is -0.433. The van der Waals surface area contributed by atoms with E-state index in [0.29, 0.717) is 32.7 Å². The lowest BCUT2D eigenvalue weighted by Crippen LogP contribution is -2.53. The number of hydrogen-bond acceptors (Lipinski definition) is 4. The van der Waals surface area contributed by atoms with Crippen LogP contribution >= 0.6 is 0 Å². The number of urea groups is 1. The van der Waals surface area contributed by atoms with Crippen LogP contribution < -0.4 is 10.1 Å². The number of anilines is 1. The van der Waals surface area contributed by atoms with E-state index in [2.05, 4.69) is 12.2 Å². The molecule has 0 aromatic heterocycles. The molecule has 4 rings (SSSR count). The summed E-state index contributed by atoms with van der Waals surface area (Å²) in [5.74, 6) is 0.322. The molecule has 2 saturated heterocycles. The molecule has 2 aliphatic heterocycles. The van der Waals surface area contributed by atoms with Crippen LogP contribution in [-0.4, -0.2) is 72.4 Å². The standard InChI is InChI=1S/C27H34N4O4/c1-3-4-14-31-24(32)19-23(25(31)20-10-12-22(35-2)13-11-20)26(33)29-15-17-30(18-16-29)27(34)28-21-8-6-5-7-9-21/h5-13,23,25H,3-4,14-19H2,1-2H3,(H,28,34)/t23-,25+/m0/s1. The molecule has 186 valence electrons. The highest BCUT2D eigenvalue weighted by molar-refractivity contribution is 5.91. The van der Waals surface area contributed by atoms with Crippen LogP contribution in [0.1, 0.15) is 37.8 Å². The second kappa shape index (κ2) is 11.3. The van der Waals surface area contributed by atoms with Gasteiger partial charge in [-0.3, -0.25) is 9.59 Å². The number of unbranched alkanes of at least 4 members (excludes halogenated alkanes) is 1. The van der Waals surface area contributed by atoms with Crippen LogP contribution in [0.5, 0.6) is 5.75 Å². The van der Waals surface area contributed by atoms with Gasteiger partial charge in [-0.2, -0.15) is 0 Å². The van der Waals surface area contributed by atoms with Crippen molar-refractivity contribution < 1.29 is 19.1 Å². The lowest BCUT2D eigenvalue weighted by molar-refractivity contribution is -0.138. The number of carbonyl (C=O) groups excluding carboxylic acids is 3. The van der Waals surface area contributed by atoms with Crippen LogP contribution in [0.15, 0.2) is 54.6 Å². The van der Waals surface area contributed by atoms with Crippen LogP contribution in [0, 0.1) is 5.92 Å². The Bertz CT molecular complexity index is 1020. The Morgan fingerprint density at radius 1 is 0.971 bits per heavy atom. The van der Waals surface area contributed by atoms with Gasteiger partial charge in [-0.05, 0) is 36.2 Å². The first-order valence-corrected chi connectivity index (χ1v) is 12.3. The maximum Gasteiger partial charge on any atom is 0.321 e. The van der Waals surface area contributed by atoms with Crippen LogP contribution in [-0.2, 0) is 9.59 Å². The molecule has 2 aromatic carbocycles. The Morgan fingerprint density at radius 3 is 2.26 bits per heavy atom. The molecule has 0 bridgehead atoms. The van der Waals surface area contributed by atoms with Crippen molar-refractivity contribution in [1.82, 2.24) is 14.7 Å². The predicted molar refractivity (Wildman–Crippen MR) is 134 cm³/mol. The first-order chi connectivity index (χ1) is 17.0. The largest absolute Gasteiger partial charge is 0.497 e. The number of likely N-dealkylation sites (tertiary alicyclic amines) is 1. The number of hydrogen-bond donors (Lipinski definition) is 1. The summed E-state index contributed by atoms with van der Waals surface area (Å²) in [5.41, 5.74) is 1.70. The molecule has 0 aliphatic carbocycles. The second-order valence-electron chi connectivity index (χ2n) is 9.08. The maximum absolute atomic E-state index is 13.6. The summed E-state index contributed by atoms with van der Waals surface area (Å²) < 4.78 is 5.29. The van der Waals surface area contributed by atoms with Crippen LogP contribution in [0.3, 0.4) is 0 Å². The molecule has 2 fully saturated rings.